The molecule has 0 saturated carbocycles. The maximum atomic E-state index is 11.6. The summed E-state index contributed by atoms with van der Waals surface area (Å²) in [6.07, 6.45) is 0. The summed E-state index contributed by atoms with van der Waals surface area (Å²) in [5.74, 6) is 0.436. The van der Waals surface area contributed by atoms with E-state index >= 15 is 0 Å². The van der Waals surface area contributed by atoms with E-state index in [0.29, 0.717) is 11.5 Å². The first-order valence-corrected chi connectivity index (χ1v) is 16.5. The molecule has 2 aromatic carbocycles. The molecule has 0 atom stereocenters. The molecule has 1 aromatic heterocycles. The molecule has 4 heteroatoms. The summed E-state index contributed by atoms with van der Waals surface area (Å²) in [5.41, 5.74) is 5.47. The molecule has 0 saturated heterocycles. The van der Waals surface area contributed by atoms with E-state index in [0.717, 1.165) is 33.4 Å². The van der Waals surface area contributed by atoms with Crippen molar-refractivity contribution in [3.63, 3.8) is 0 Å². The summed E-state index contributed by atoms with van der Waals surface area (Å²) in [7, 11) is -1.50. The van der Waals surface area contributed by atoms with Crippen molar-refractivity contribution < 1.29 is 10.2 Å². The summed E-state index contributed by atoms with van der Waals surface area (Å²) < 4.78 is 1.43. The molecule has 0 aliphatic rings. The number of rotatable bonds is 4. The van der Waals surface area contributed by atoms with Gasteiger partial charge in [-0.05, 0) is 46.4 Å². The number of aromatic hydroxyl groups is 2. The summed E-state index contributed by atoms with van der Waals surface area (Å²) in [5, 5.41) is 23.3. The third kappa shape index (κ3) is 5.28. The molecule has 3 aromatic rings. The largest absolute Gasteiger partial charge is 0.507 e. The van der Waals surface area contributed by atoms with Crippen LogP contribution in [0.25, 0.3) is 0 Å². The minimum absolute atomic E-state index is 0.195. The van der Waals surface area contributed by atoms with E-state index in [9.17, 15) is 10.2 Å². The van der Waals surface area contributed by atoms with Gasteiger partial charge in [-0.2, -0.15) is 0 Å². The van der Waals surface area contributed by atoms with Gasteiger partial charge in [0.2, 0.25) is 0 Å². The average molecular weight is 495 g/mol. The van der Waals surface area contributed by atoms with Gasteiger partial charge < -0.3 is 10.2 Å². The predicted octanol–water partition coefficient (Wildman–Crippen LogP) is 8.10. The summed E-state index contributed by atoms with van der Waals surface area (Å²) in [6.45, 7) is 24.1. The summed E-state index contributed by atoms with van der Waals surface area (Å²) >= 11 is 1.83. The number of hydrogen-bond acceptors (Lipinski definition) is 3. The fourth-order valence-corrected chi connectivity index (χ4v) is 7.64. The van der Waals surface area contributed by atoms with Crippen molar-refractivity contribution >= 4 is 23.9 Å². The molecule has 0 aliphatic carbocycles. The Morgan fingerprint density at radius 2 is 1.12 bits per heavy atom. The first kappa shape index (κ1) is 26.6. The Morgan fingerprint density at radius 1 is 0.706 bits per heavy atom. The molecular weight excluding hydrogens is 452 g/mol. The van der Waals surface area contributed by atoms with Crippen LogP contribution in [0.5, 0.6) is 11.5 Å². The van der Waals surface area contributed by atoms with Gasteiger partial charge in [-0.1, -0.05) is 103 Å². The molecule has 0 unspecified atom stereocenters. The molecule has 0 bridgehead atoms. The van der Waals surface area contributed by atoms with Gasteiger partial charge in [0, 0.05) is 16.0 Å². The van der Waals surface area contributed by atoms with Crippen LogP contribution < -0.4 is 4.50 Å². The van der Waals surface area contributed by atoms with Crippen molar-refractivity contribution in [2.24, 2.45) is 0 Å². The minimum atomic E-state index is -1.50. The highest BCUT2D eigenvalue weighted by molar-refractivity contribution is 7.26. The molecule has 1 heterocycles. The number of hydrogen-bond donors (Lipinski definition) is 2. The van der Waals surface area contributed by atoms with E-state index < -0.39 is 8.07 Å². The van der Waals surface area contributed by atoms with Crippen LogP contribution in [0.15, 0.2) is 36.4 Å². The Kier molecular flexibility index (Phi) is 6.93. The van der Waals surface area contributed by atoms with E-state index in [2.05, 4.69) is 111 Å². The Morgan fingerprint density at radius 3 is 1.44 bits per heavy atom. The fourth-order valence-electron chi connectivity index (χ4n) is 4.58. The second kappa shape index (κ2) is 8.87. The van der Waals surface area contributed by atoms with Crippen molar-refractivity contribution in [3.05, 3.63) is 74.7 Å². The van der Waals surface area contributed by atoms with Gasteiger partial charge in [0.25, 0.3) is 0 Å². The lowest BCUT2D eigenvalue weighted by Gasteiger charge is -2.29. The van der Waals surface area contributed by atoms with Crippen molar-refractivity contribution in [3.8, 4) is 11.5 Å². The Labute approximate surface area is 211 Å². The Bertz CT molecular complexity index is 1130. The van der Waals surface area contributed by atoms with Crippen LogP contribution in [-0.2, 0) is 10.8 Å². The number of benzene rings is 2. The van der Waals surface area contributed by atoms with Gasteiger partial charge in [0.1, 0.15) is 11.5 Å². The molecule has 0 aliphatic heterocycles. The van der Waals surface area contributed by atoms with E-state index in [1.54, 1.807) is 0 Å². The first-order valence-electron chi connectivity index (χ1n) is 12.2. The number of thiophene rings is 1. The van der Waals surface area contributed by atoms with Gasteiger partial charge in [0.15, 0.2) is 0 Å². The first-order chi connectivity index (χ1) is 15.4. The van der Waals surface area contributed by atoms with Crippen LogP contribution in [-0.4, -0.2) is 18.3 Å². The van der Waals surface area contributed by atoms with Crippen molar-refractivity contribution in [2.45, 2.75) is 91.8 Å². The number of aryl methyl sites for hydroxylation is 2. The second-order valence-electron chi connectivity index (χ2n) is 12.9. The highest BCUT2D eigenvalue weighted by atomic mass is 32.1. The van der Waals surface area contributed by atoms with Gasteiger partial charge in [-0.3, -0.25) is 0 Å². The topological polar surface area (TPSA) is 40.5 Å². The zero-order valence-corrected chi connectivity index (χ0v) is 24.7. The molecule has 2 N–H and O–H groups in total. The lowest BCUT2D eigenvalue weighted by atomic mass is 9.78. The molecule has 0 fully saturated rings. The van der Waals surface area contributed by atoms with Gasteiger partial charge in [0.05, 0.1) is 14.0 Å². The third-order valence-corrected chi connectivity index (χ3v) is 11.2. The Hall–Kier alpha value is -2.04. The van der Waals surface area contributed by atoms with Gasteiger partial charge in [-0.25, -0.2) is 0 Å². The standard InChI is InChI=1S/C30H42O2SSi/c1-18-14-20(27(31)22(16-18)29(3,4)5)26(24-12-13-25(33-24)34(9,10)11)21-15-19(2)17-23(28(21)32)30(6,7)8/h12-17,26,31-32H,1-11H3. The van der Waals surface area contributed by atoms with Crippen LogP contribution in [0, 0.1) is 13.8 Å². The number of phenolic OH excluding ortho intramolecular Hbond substituents is 2. The molecule has 0 radical (unpaired) electrons. The average Bonchev–Trinajstić information content (AvgIpc) is 3.15. The van der Waals surface area contributed by atoms with Crippen LogP contribution >= 0.6 is 11.3 Å². The van der Waals surface area contributed by atoms with Crippen LogP contribution in [0.1, 0.15) is 85.7 Å². The maximum Gasteiger partial charge on any atom is 0.123 e. The van der Waals surface area contributed by atoms with Crippen molar-refractivity contribution in [1.82, 2.24) is 0 Å². The lowest BCUT2D eigenvalue weighted by Crippen LogP contribution is -2.34. The SMILES string of the molecule is Cc1cc(C(c2ccc([Si](C)(C)C)s2)c2cc(C)cc(C(C)(C)C)c2O)c(O)c(C(C)(C)C)c1. The van der Waals surface area contributed by atoms with Crippen LogP contribution in [0.4, 0.5) is 0 Å². The highest BCUT2D eigenvalue weighted by Gasteiger charge is 2.32. The smallest absolute Gasteiger partial charge is 0.123 e. The highest BCUT2D eigenvalue weighted by Crippen LogP contribution is 2.48. The summed E-state index contributed by atoms with van der Waals surface area (Å²) in [6, 6.07) is 12.8. The second-order valence-corrected chi connectivity index (χ2v) is 19.4. The van der Waals surface area contributed by atoms with E-state index in [4.69, 9.17) is 0 Å². The van der Waals surface area contributed by atoms with Crippen LogP contribution in [0.2, 0.25) is 19.6 Å². The Balaban J connectivity index is 2.42. The normalized spacial score (nSPS) is 13.1. The zero-order valence-electron chi connectivity index (χ0n) is 22.8. The predicted molar refractivity (Wildman–Crippen MR) is 151 cm³/mol. The number of phenols is 2. The molecule has 184 valence electrons. The molecular formula is C30H42O2SSi. The summed E-state index contributed by atoms with van der Waals surface area (Å²) in [4.78, 5) is 1.17. The van der Waals surface area contributed by atoms with Crippen molar-refractivity contribution in [1.29, 1.82) is 0 Å². The van der Waals surface area contributed by atoms with E-state index in [1.165, 1.54) is 9.38 Å². The minimum Gasteiger partial charge on any atom is -0.507 e. The van der Waals surface area contributed by atoms with E-state index in [-0.39, 0.29) is 16.7 Å². The third-order valence-electron chi connectivity index (χ3n) is 6.46. The molecule has 0 spiro atoms. The quantitative estimate of drug-likeness (QED) is 0.360. The molecule has 3 rings (SSSR count). The lowest BCUT2D eigenvalue weighted by molar-refractivity contribution is 0.432. The fraction of sp³-hybridized carbons (Fsp3) is 0.467. The monoisotopic (exact) mass is 494 g/mol. The van der Waals surface area contributed by atoms with Crippen molar-refractivity contribution in [2.75, 3.05) is 0 Å². The maximum absolute atomic E-state index is 11.6. The van der Waals surface area contributed by atoms with Gasteiger partial charge in [-0.15, -0.1) is 11.3 Å². The molecule has 0 amide bonds. The zero-order chi connectivity index (χ0) is 25.8. The van der Waals surface area contributed by atoms with E-state index in [1.807, 2.05) is 11.3 Å². The molecule has 2 nitrogen and oxygen atoms in total. The molecule has 34 heavy (non-hydrogen) atoms. The van der Waals surface area contributed by atoms with Gasteiger partial charge >= 0.3 is 0 Å². The van der Waals surface area contributed by atoms with Crippen LogP contribution in [0.3, 0.4) is 0 Å².